The summed E-state index contributed by atoms with van der Waals surface area (Å²) in [4.78, 5) is 15.0. The van der Waals surface area contributed by atoms with E-state index in [0.29, 0.717) is 11.3 Å². The highest BCUT2D eigenvalue weighted by molar-refractivity contribution is 5.86. The van der Waals surface area contributed by atoms with Crippen LogP contribution in [0, 0.1) is 12.4 Å². The lowest BCUT2D eigenvalue weighted by Gasteiger charge is -2.20. The summed E-state index contributed by atoms with van der Waals surface area (Å²) in [6.45, 7) is 13.9. The number of nitrogens with one attached hydrogen (secondary N) is 1. The number of hydrogen-bond acceptors (Lipinski definition) is 2. The number of hydrogen-bond donors (Lipinski definition) is 1. The third kappa shape index (κ3) is 4.59. The second kappa shape index (κ2) is 5.70. The highest BCUT2D eigenvalue weighted by Gasteiger charge is 2.20. The molecular weight excluding hydrogens is 247 g/mol. The maximum absolute atomic E-state index is 13.2. The van der Waals surface area contributed by atoms with Crippen LogP contribution in [0.25, 0.3) is 4.85 Å². The van der Waals surface area contributed by atoms with Crippen LogP contribution in [0.3, 0.4) is 0 Å². The van der Waals surface area contributed by atoms with Gasteiger partial charge in [-0.05, 0) is 39.0 Å². The Labute approximate surface area is 112 Å². The van der Waals surface area contributed by atoms with E-state index >= 15 is 0 Å². The second-order valence-corrected chi connectivity index (χ2v) is 5.16. The summed E-state index contributed by atoms with van der Waals surface area (Å²) in [5.41, 5.74) is 0.204. The van der Waals surface area contributed by atoms with Crippen molar-refractivity contribution in [2.24, 2.45) is 0 Å². The van der Waals surface area contributed by atoms with Gasteiger partial charge in [-0.2, -0.15) is 0 Å². The van der Waals surface area contributed by atoms with E-state index in [1.54, 1.807) is 27.7 Å². The highest BCUT2D eigenvalue weighted by Crippen LogP contribution is 2.27. The van der Waals surface area contributed by atoms with E-state index in [4.69, 9.17) is 11.3 Å². The Bertz CT molecular complexity index is 515. The van der Waals surface area contributed by atoms with Crippen LogP contribution in [-0.4, -0.2) is 11.7 Å². The molecule has 19 heavy (non-hydrogen) atoms. The van der Waals surface area contributed by atoms with Crippen LogP contribution in [0.4, 0.5) is 14.9 Å². The van der Waals surface area contributed by atoms with Crippen LogP contribution in [0.2, 0.25) is 0 Å². The van der Waals surface area contributed by atoms with Crippen LogP contribution < -0.4 is 5.32 Å². The van der Waals surface area contributed by atoms with E-state index in [2.05, 4.69) is 10.2 Å². The average Bonchev–Trinajstić information content (AvgIpc) is 2.28. The van der Waals surface area contributed by atoms with E-state index in [0.717, 1.165) is 0 Å². The Morgan fingerprint density at radius 3 is 2.63 bits per heavy atom. The van der Waals surface area contributed by atoms with Gasteiger partial charge in [0, 0.05) is 6.92 Å². The van der Waals surface area contributed by atoms with Crippen molar-refractivity contribution in [1.82, 2.24) is 0 Å². The maximum Gasteiger partial charge on any atom is 0.412 e. The molecule has 1 unspecified atom stereocenters. The lowest BCUT2D eigenvalue weighted by molar-refractivity contribution is 0.0635. The number of nitrogens with zero attached hydrogens (tertiary/aromatic N) is 1. The predicted octanol–water partition coefficient (Wildman–Crippen LogP) is 4.15. The molecule has 1 N–H and O–H groups in total. The van der Waals surface area contributed by atoms with Crippen LogP contribution >= 0.6 is 0 Å². The van der Waals surface area contributed by atoms with Gasteiger partial charge in [0.15, 0.2) is 0 Å². The molecule has 0 bridgehead atoms. The Balaban J connectivity index is 2.96. The zero-order chi connectivity index (χ0) is 14.6. The van der Waals surface area contributed by atoms with Gasteiger partial charge < -0.3 is 9.58 Å². The van der Waals surface area contributed by atoms with Gasteiger partial charge in [-0.1, -0.05) is 0 Å². The van der Waals surface area contributed by atoms with Gasteiger partial charge in [0.1, 0.15) is 11.4 Å². The van der Waals surface area contributed by atoms with Gasteiger partial charge in [0.05, 0.1) is 11.3 Å². The summed E-state index contributed by atoms with van der Waals surface area (Å²) in [5, 5.41) is 2.54. The molecule has 0 heterocycles. The number of benzene rings is 1. The summed E-state index contributed by atoms with van der Waals surface area (Å²) < 4.78 is 18.3. The molecule has 0 aliphatic rings. The minimum Gasteiger partial charge on any atom is -0.444 e. The second-order valence-electron chi connectivity index (χ2n) is 5.16. The Kier molecular flexibility index (Phi) is 4.49. The van der Waals surface area contributed by atoms with Gasteiger partial charge in [0.25, 0.3) is 0 Å². The monoisotopic (exact) mass is 264 g/mol. The minimum absolute atomic E-state index is 0.388. The smallest absolute Gasteiger partial charge is 0.412 e. The fraction of sp³-hybridized carbons (Fsp3) is 0.429. The van der Waals surface area contributed by atoms with E-state index < -0.39 is 23.6 Å². The van der Waals surface area contributed by atoms with Crippen molar-refractivity contribution >= 4 is 11.8 Å². The van der Waals surface area contributed by atoms with Crippen molar-refractivity contribution in [2.45, 2.75) is 39.3 Å². The molecule has 0 fully saturated rings. The Hall–Kier alpha value is -2.09. The molecule has 0 aliphatic heterocycles. The topological polar surface area (TPSA) is 42.7 Å². The molecule has 1 atom stereocenters. The van der Waals surface area contributed by atoms with E-state index in [9.17, 15) is 9.18 Å². The SMILES string of the molecule is [C-]#[N+]C(C)c1cc(F)ccc1NC(=O)OC(C)(C)C. The lowest BCUT2D eigenvalue weighted by Crippen LogP contribution is -2.27. The standard InChI is InChI=1S/C14H17FN2O2/c1-9(16-5)11-8-10(15)6-7-12(11)17-13(18)19-14(2,3)4/h6-9H,1-4H3,(H,17,18). The van der Waals surface area contributed by atoms with Crippen LogP contribution in [-0.2, 0) is 4.74 Å². The molecule has 0 saturated heterocycles. The number of carbonyl (C=O) groups excluding carboxylic acids is 1. The first-order valence-electron chi connectivity index (χ1n) is 5.89. The number of carbonyl (C=O) groups is 1. The predicted molar refractivity (Wildman–Crippen MR) is 71.3 cm³/mol. The number of amides is 1. The summed E-state index contributed by atoms with van der Waals surface area (Å²) in [6.07, 6.45) is -0.627. The lowest BCUT2D eigenvalue weighted by atomic mass is 10.1. The van der Waals surface area contributed by atoms with Crippen molar-refractivity contribution in [3.05, 3.63) is 41.0 Å². The van der Waals surface area contributed by atoms with Crippen LogP contribution in [0.5, 0.6) is 0 Å². The summed E-state index contributed by atoms with van der Waals surface area (Å²) >= 11 is 0. The largest absolute Gasteiger partial charge is 0.444 e. The fourth-order valence-electron chi connectivity index (χ4n) is 1.48. The van der Waals surface area contributed by atoms with Gasteiger partial charge in [-0.25, -0.2) is 15.8 Å². The van der Waals surface area contributed by atoms with Gasteiger partial charge in [-0.3, -0.25) is 5.32 Å². The first kappa shape index (κ1) is 15.0. The van der Waals surface area contributed by atoms with Crippen molar-refractivity contribution < 1.29 is 13.9 Å². The molecule has 0 spiro atoms. The molecule has 1 aromatic rings. The fourth-order valence-corrected chi connectivity index (χ4v) is 1.48. The zero-order valence-electron chi connectivity index (χ0n) is 11.5. The zero-order valence-corrected chi connectivity index (χ0v) is 11.5. The summed E-state index contributed by atoms with van der Waals surface area (Å²) in [6, 6.07) is 3.36. The average molecular weight is 264 g/mol. The number of ether oxygens (including phenoxy) is 1. The number of rotatable bonds is 2. The molecule has 102 valence electrons. The van der Waals surface area contributed by atoms with E-state index in [1.807, 2.05) is 0 Å². The molecular formula is C14H17FN2O2. The van der Waals surface area contributed by atoms with E-state index in [-0.39, 0.29) is 0 Å². The maximum atomic E-state index is 13.2. The van der Waals surface area contributed by atoms with Crippen LogP contribution in [0.15, 0.2) is 18.2 Å². The van der Waals surface area contributed by atoms with Gasteiger partial charge in [-0.15, -0.1) is 0 Å². The van der Waals surface area contributed by atoms with Crippen LogP contribution in [0.1, 0.15) is 39.3 Å². The van der Waals surface area contributed by atoms with Crippen molar-refractivity contribution in [3.63, 3.8) is 0 Å². The molecule has 0 radical (unpaired) electrons. The third-order valence-corrected chi connectivity index (χ3v) is 2.29. The third-order valence-electron chi connectivity index (χ3n) is 2.29. The molecule has 1 aromatic carbocycles. The molecule has 0 saturated carbocycles. The van der Waals surface area contributed by atoms with Gasteiger partial charge in [0.2, 0.25) is 6.04 Å². The first-order chi connectivity index (χ1) is 8.73. The summed E-state index contributed by atoms with van der Waals surface area (Å²) in [7, 11) is 0. The molecule has 1 rings (SSSR count). The molecule has 0 aromatic heterocycles. The van der Waals surface area contributed by atoms with Crippen molar-refractivity contribution in [3.8, 4) is 0 Å². The number of anilines is 1. The molecule has 5 heteroatoms. The molecule has 1 amide bonds. The molecule has 0 aliphatic carbocycles. The Morgan fingerprint density at radius 2 is 2.11 bits per heavy atom. The van der Waals surface area contributed by atoms with Crippen molar-refractivity contribution in [1.29, 1.82) is 0 Å². The Morgan fingerprint density at radius 1 is 1.47 bits per heavy atom. The summed E-state index contributed by atoms with van der Waals surface area (Å²) in [5.74, 6) is -0.444. The first-order valence-corrected chi connectivity index (χ1v) is 5.89. The quantitative estimate of drug-likeness (QED) is 0.815. The normalized spacial score (nSPS) is 12.4. The molecule has 4 nitrogen and oxygen atoms in total. The van der Waals surface area contributed by atoms with Gasteiger partial charge >= 0.3 is 6.09 Å². The minimum atomic E-state index is -0.627. The number of halogens is 1. The van der Waals surface area contributed by atoms with E-state index in [1.165, 1.54) is 18.2 Å². The van der Waals surface area contributed by atoms with Crippen molar-refractivity contribution in [2.75, 3.05) is 5.32 Å². The highest BCUT2D eigenvalue weighted by atomic mass is 19.1.